The molecule has 0 radical (unpaired) electrons. The summed E-state index contributed by atoms with van der Waals surface area (Å²) in [5.41, 5.74) is 0.212. The van der Waals surface area contributed by atoms with E-state index in [-0.39, 0.29) is 13.2 Å². The largest absolute Gasteiger partial charge is 0.479 e. The number of ether oxygens (including phenoxy) is 1. The van der Waals surface area contributed by atoms with Crippen molar-refractivity contribution in [1.29, 1.82) is 0 Å². The molecule has 0 saturated heterocycles. The normalized spacial score (nSPS) is 22.5. The summed E-state index contributed by atoms with van der Waals surface area (Å²) in [4.78, 5) is 11.4. The molecule has 0 saturated carbocycles. The van der Waals surface area contributed by atoms with Gasteiger partial charge in [0.25, 0.3) is 0 Å². The predicted molar refractivity (Wildman–Crippen MR) is 62.1 cm³/mol. The highest BCUT2D eigenvalue weighted by atomic mass is 35.5. The topological polar surface area (TPSA) is 66.8 Å². The Kier molecular flexibility index (Phi) is 3.38. The van der Waals surface area contributed by atoms with Crippen molar-refractivity contribution < 1.29 is 19.7 Å². The van der Waals surface area contributed by atoms with Crippen molar-refractivity contribution in [1.82, 2.24) is 0 Å². The van der Waals surface area contributed by atoms with Gasteiger partial charge in [-0.3, -0.25) is 0 Å². The zero-order chi connectivity index (χ0) is 12.5. The quantitative estimate of drug-likeness (QED) is 0.858. The van der Waals surface area contributed by atoms with Gasteiger partial charge in [0.05, 0.1) is 13.2 Å². The van der Waals surface area contributed by atoms with Crippen LogP contribution in [0.1, 0.15) is 17.5 Å². The van der Waals surface area contributed by atoms with Crippen molar-refractivity contribution in [3.8, 4) is 0 Å². The molecule has 2 rings (SSSR count). The molecule has 1 aliphatic carbocycles. The molecule has 1 atom stereocenters. The standard InChI is InChI=1S/C12H13ClO4/c13-9-1-2-10-8(7-9)3-4-12(10,11(15)16)17-6-5-14/h1-2,7,14H,3-6H2,(H,15,16). The maximum Gasteiger partial charge on any atom is 0.340 e. The Morgan fingerprint density at radius 2 is 2.29 bits per heavy atom. The van der Waals surface area contributed by atoms with Gasteiger partial charge in [-0.05, 0) is 36.1 Å². The average Bonchev–Trinajstić information content (AvgIpc) is 2.65. The Hall–Kier alpha value is -1.10. The van der Waals surface area contributed by atoms with Crippen molar-refractivity contribution in [2.24, 2.45) is 0 Å². The van der Waals surface area contributed by atoms with Gasteiger partial charge in [-0.15, -0.1) is 0 Å². The van der Waals surface area contributed by atoms with Crippen molar-refractivity contribution >= 4 is 17.6 Å². The molecule has 5 heteroatoms. The Morgan fingerprint density at radius 3 is 2.94 bits per heavy atom. The second-order valence-electron chi connectivity index (χ2n) is 4.01. The summed E-state index contributed by atoms with van der Waals surface area (Å²) in [6.07, 6.45) is 0.992. The van der Waals surface area contributed by atoms with Crippen molar-refractivity contribution in [3.05, 3.63) is 34.3 Å². The van der Waals surface area contributed by atoms with Gasteiger partial charge >= 0.3 is 5.97 Å². The maximum atomic E-state index is 11.4. The summed E-state index contributed by atoms with van der Waals surface area (Å²) >= 11 is 5.87. The van der Waals surface area contributed by atoms with Gasteiger partial charge in [-0.25, -0.2) is 4.79 Å². The number of halogens is 1. The van der Waals surface area contributed by atoms with Gasteiger partial charge in [0.15, 0.2) is 5.60 Å². The number of carboxylic acid groups (broad SMARTS) is 1. The molecule has 1 unspecified atom stereocenters. The van der Waals surface area contributed by atoms with Gasteiger partial charge in [0, 0.05) is 5.02 Å². The van der Waals surface area contributed by atoms with E-state index in [1.54, 1.807) is 18.2 Å². The summed E-state index contributed by atoms with van der Waals surface area (Å²) in [5, 5.41) is 18.7. The molecular weight excluding hydrogens is 244 g/mol. The molecule has 0 amide bonds. The second kappa shape index (κ2) is 4.64. The fourth-order valence-corrected chi connectivity index (χ4v) is 2.46. The highest BCUT2D eigenvalue weighted by molar-refractivity contribution is 6.30. The smallest absolute Gasteiger partial charge is 0.340 e. The molecule has 0 aliphatic heterocycles. The number of fused-ring (bicyclic) bond motifs is 1. The van der Waals surface area contributed by atoms with Gasteiger partial charge in [0.1, 0.15) is 0 Å². The molecular formula is C12H13ClO4. The van der Waals surface area contributed by atoms with Crippen LogP contribution in [0.5, 0.6) is 0 Å². The van der Waals surface area contributed by atoms with Crippen LogP contribution in [-0.2, 0) is 21.6 Å². The summed E-state index contributed by atoms with van der Waals surface area (Å²) < 4.78 is 5.37. The van der Waals surface area contributed by atoms with Crippen LogP contribution in [0.3, 0.4) is 0 Å². The van der Waals surface area contributed by atoms with E-state index in [2.05, 4.69) is 0 Å². The third-order valence-electron chi connectivity index (χ3n) is 3.03. The Labute approximate surface area is 104 Å². The molecule has 4 nitrogen and oxygen atoms in total. The first kappa shape index (κ1) is 12.4. The number of aliphatic hydroxyl groups is 1. The van der Waals surface area contributed by atoms with Crippen molar-refractivity contribution in [3.63, 3.8) is 0 Å². The molecule has 17 heavy (non-hydrogen) atoms. The van der Waals surface area contributed by atoms with Gasteiger partial charge in [0.2, 0.25) is 0 Å². The third-order valence-corrected chi connectivity index (χ3v) is 3.27. The molecule has 0 bridgehead atoms. The molecule has 0 heterocycles. The van der Waals surface area contributed by atoms with E-state index in [4.69, 9.17) is 21.4 Å². The van der Waals surface area contributed by atoms with Gasteiger partial charge < -0.3 is 14.9 Å². The minimum atomic E-state index is -1.33. The summed E-state index contributed by atoms with van der Waals surface area (Å²) in [6.45, 7) is -0.188. The van der Waals surface area contributed by atoms with Crippen LogP contribution >= 0.6 is 11.6 Å². The Morgan fingerprint density at radius 1 is 1.53 bits per heavy atom. The lowest BCUT2D eigenvalue weighted by atomic mass is 9.96. The molecule has 1 aromatic rings. The van der Waals surface area contributed by atoms with E-state index in [1.165, 1.54) is 0 Å². The molecule has 0 aromatic heterocycles. The van der Waals surface area contributed by atoms with Crippen LogP contribution < -0.4 is 0 Å². The molecule has 92 valence electrons. The monoisotopic (exact) mass is 256 g/mol. The average molecular weight is 257 g/mol. The first-order chi connectivity index (χ1) is 8.10. The number of aliphatic carboxylic acids is 1. The number of hydrogen-bond donors (Lipinski definition) is 2. The number of hydrogen-bond acceptors (Lipinski definition) is 3. The fourth-order valence-electron chi connectivity index (χ4n) is 2.26. The van der Waals surface area contributed by atoms with E-state index in [0.717, 1.165) is 5.56 Å². The Bertz CT molecular complexity index is 446. The lowest BCUT2D eigenvalue weighted by Gasteiger charge is -2.25. The van der Waals surface area contributed by atoms with Crippen LogP contribution in [0, 0.1) is 0 Å². The van der Waals surface area contributed by atoms with Gasteiger partial charge in [-0.2, -0.15) is 0 Å². The summed E-state index contributed by atoms with van der Waals surface area (Å²) in [6, 6.07) is 5.12. The number of aryl methyl sites for hydroxylation is 1. The predicted octanol–water partition coefficient (Wildman–Crippen LogP) is 1.57. The first-order valence-corrected chi connectivity index (χ1v) is 5.75. The number of aliphatic hydroxyl groups excluding tert-OH is 1. The lowest BCUT2D eigenvalue weighted by Crippen LogP contribution is -2.37. The van der Waals surface area contributed by atoms with Crippen molar-refractivity contribution in [2.45, 2.75) is 18.4 Å². The minimum absolute atomic E-state index is 0.00830. The van der Waals surface area contributed by atoms with E-state index in [1.807, 2.05) is 0 Å². The molecule has 1 aliphatic rings. The van der Waals surface area contributed by atoms with Crippen LogP contribution in [-0.4, -0.2) is 29.4 Å². The number of carbonyl (C=O) groups is 1. The van der Waals surface area contributed by atoms with E-state index in [9.17, 15) is 9.90 Å². The summed E-state index contributed by atoms with van der Waals surface area (Å²) in [5.74, 6) is -1.02. The Balaban J connectivity index is 2.42. The van der Waals surface area contributed by atoms with Crippen LogP contribution in [0.4, 0.5) is 0 Å². The maximum absolute atomic E-state index is 11.4. The molecule has 0 spiro atoms. The number of rotatable bonds is 4. The fraction of sp³-hybridized carbons (Fsp3) is 0.417. The first-order valence-electron chi connectivity index (χ1n) is 5.37. The molecule has 0 fully saturated rings. The third kappa shape index (κ3) is 2.04. The molecule has 2 N–H and O–H groups in total. The van der Waals surface area contributed by atoms with E-state index in [0.29, 0.717) is 23.4 Å². The van der Waals surface area contributed by atoms with E-state index >= 15 is 0 Å². The van der Waals surface area contributed by atoms with Crippen LogP contribution in [0.2, 0.25) is 5.02 Å². The lowest BCUT2D eigenvalue weighted by molar-refractivity contribution is -0.169. The van der Waals surface area contributed by atoms with Gasteiger partial charge in [-0.1, -0.05) is 17.7 Å². The van der Waals surface area contributed by atoms with Crippen LogP contribution in [0.25, 0.3) is 0 Å². The van der Waals surface area contributed by atoms with Crippen molar-refractivity contribution in [2.75, 3.05) is 13.2 Å². The molecule has 1 aromatic carbocycles. The zero-order valence-corrected chi connectivity index (χ0v) is 9.91. The SMILES string of the molecule is O=C(O)C1(OCCO)CCc2cc(Cl)ccc21. The minimum Gasteiger partial charge on any atom is -0.479 e. The number of carboxylic acids is 1. The highest BCUT2D eigenvalue weighted by Gasteiger charge is 2.46. The second-order valence-corrected chi connectivity index (χ2v) is 4.44. The van der Waals surface area contributed by atoms with Crippen LogP contribution in [0.15, 0.2) is 18.2 Å². The summed E-state index contributed by atoms with van der Waals surface area (Å²) in [7, 11) is 0. The zero-order valence-electron chi connectivity index (χ0n) is 9.15. The highest BCUT2D eigenvalue weighted by Crippen LogP contribution is 2.41. The number of benzene rings is 1. The van der Waals surface area contributed by atoms with E-state index < -0.39 is 11.6 Å².